The average molecular weight is 452 g/mol. The normalized spacial score (nSPS) is 18.4. The van der Waals surface area contributed by atoms with Gasteiger partial charge in [0.25, 0.3) is 5.91 Å². The Morgan fingerprint density at radius 3 is 2.28 bits per heavy atom. The molecule has 5 heteroatoms. The minimum absolute atomic E-state index is 0.0125. The third-order valence-electron chi connectivity index (χ3n) is 6.53. The van der Waals surface area contributed by atoms with Crippen LogP contribution in [0.4, 0.5) is 5.69 Å². The number of hydrogen-bond donors (Lipinski definition) is 1. The molecule has 1 fully saturated rings. The van der Waals surface area contributed by atoms with Crippen molar-refractivity contribution in [1.82, 2.24) is 5.32 Å². The Labute approximate surface area is 197 Å². The SMILES string of the molecule is CC(C)c1ccc(C(=O)NCC2CCC(N(c3ccc(C#N)c(Cl)c3)C(C)C)CC2)cc1. The smallest absolute Gasteiger partial charge is 0.251 e. The van der Waals surface area contributed by atoms with Gasteiger partial charge in [0, 0.05) is 29.9 Å². The van der Waals surface area contributed by atoms with Gasteiger partial charge in [-0.05, 0) is 87.3 Å². The number of nitrogens with one attached hydrogen (secondary N) is 1. The number of amides is 1. The Kier molecular flexibility index (Phi) is 8.21. The summed E-state index contributed by atoms with van der Waals surface area (Å²) in [5.74, 6) is 0.982. The van der Waals surface area contributed by atoms with E-state index in [0.717, 1.165) is 43.5 Å². The lowest BCUT2D eigenvalue weighted by Crippen LogP contribution is -2.44. The fourth-order valence-corrected chi connectivity index (χ4v) is 4.89. The van der Waals surface area contributed by atoms with E-state index in [4.69, 9.17) is 16.9 Å². The second-order valence-corrected chi connectivity index (χ2v) is 9.85. The van der Waals surface area contributed by atoms with E-state index in [-0.39, 0.29) is 5.91 Å². The van der Waals surface area contributed by atoms with Gasteiger partial charge in [-0.3, -0.25) is 4.79 Å². The first-order valence-electron chi connectivity index (χ1n) is 11.7. The van der Waals surface area contributed by atoms with Crippen molar-refractivity contribution >= 4 is 23.2 Å². The van der Waals surface area contributed by atoms with Crippen LogP contribution in [-0.4, -0.2) is 24.5 Å². The van der Waals surface area contributed by atoms with Gasteiger partial charge in [0.1, 0.15) is 6.07 Å². The van der Waals surface area contributed by atoms with Gasteiger partial charge in [-0.1, -0.05) is 37.6 Å². The number of halogens is 1. The van der Waals surface area contributed by atoms with E-state index in [9.17, 15) is 4.79 Å². The largest absolute Gasteiger partial charge is 0.366 e. The van der Waals surface area contributed by atoms with Crippen LogP contribution in [0, 0.1) is 17.2 Å². The van der Waals surface area contributed by atoms with Crippen LogP contribution in [0.3, 0.4) is 0 Å². The maximum Gasteiger partial charge on any atom is 0.251 e. The first-order valence-corrected chi connectivity index (χ1v) is 12.0. The molecular weight excluding hydrogens is 418 g/mol. The molecule has 0 radical (unpaired) electrons. The molecule has 4 nitrogen and oxygen atoms in total. The van der Waals surface area contributed by atoms with Crippen LogP contribution in [0.5, 0.6) is 0 Å². The summed E-state index contributed by atoms with van der Waals surface area (Å²) in [5.41, 5.74) is 3.56. The molecular formula is C27H34ClN3O. The molecule has 1 amide bonds. The molecule has 1 saturated carbocycles. The molecule has 2 aromatic rings. The van der Waals surface area contributed by atoms with Gasteiger partial charge in [-0.15, -0.1) is 0 Å². The fraction of sp³-hybridized carbons (Fsp3) is 0.481. The van der Waals surface area contributed by atoms with Gasteiger partial charge < -0.3 is 10.2 Å². The third kappa shape index (κ3) is 5.84. The number of benzene rings is 2. The number of nitriles is 1. The second kappa shape index (κ2) is 10.9. The molecule has 0 heterocycles. The Morgan fingerprint density at radius 1 is 1.09 bits per heavy atom. The molecule has 0 unspecified atom stereocenters. The van der Waals surface area contributed by atoms with Crippen LogP contribution < -0.4 is 10.2 Å². The Bertz CT molecular complexity index is 954. The monoisotopic (exact) mass is 451 g/mol. The van der Waals surface area contributed by atoms with E-state index in [1.165, 1.54) is 5.56 Å². The minimum atomic E-state index is 0.0125. The number of hydrogen-bond acceptors (Lipinski definition) is 3. The summed E-state index contributed by atoms with van der Waals surface area (Å²) in [6, 6.07) is 16.6. The molecule has 0 aliphatic heterocycles. The molecule has 3 rings (SSSR count). The van der Waals surface area contributed by atoms with Gasteiger partial charge in [0.15, 0.2) is 0 Å². The lowest BCUT2D eigenvalue weighted by Gasteiger charge is -2.41. The predicted octanol–water partition coefficient (Wildman–Crippen LogP) is 6.54. The molecule has 32 heavy (non-hydrogen) atoms. The second-order valence-electron chi connectivity index (χ2n) is 9.44. The Hall–Kier alpha value is -2.51. The van der Waals surface area contributed by atoms with E-state index in [1.807, 2.05) is 42.5 Å². The van der Waals surface area contributed by atoms with Gasteiger partial charge in [-0.25, -0.2) is 0 Å². The highest BCUT2D eigenvalue weighted by Gasteiger charge is 2.28. The lowest BCUT2D eigenvalue weighted by molar-refractivity contribution is 0.0942. The molecule has 0 spiro atoms. The van der Waals surface area contributed by atoms with E-state index in [2.05, 4.69) is 44.0 Å². The molecule has 1 N–H and O–H groups in total. The molecule has 0 atom stereocenters. The molecule has 0 bridgehead atoms. The fourth-order valence-electron chi connectivity index (χ4n) is 4.67. The van der Waals surface area contributed by atoms with Crippen molar-refractivity contribution in [1.29, 1.82) is 5.26 Å². The van der Waals surface area contributed by atoms with Crippen molar-refractivity contribution in [2.45, 2.75) is 71.4 Å². The van der Waals surface area contributed by atoms with Crippen LogP contribution in [0.15, 0.2) is 42.5 Å². The number of rotatable bonds is 7. The van der Waals surface area contributed by atoms with Gasteiger partial charge >= 0.3 is 0 Å². The van der Waals surface area contributed by atoms with Crippen molar-refractivity contribution in [3.05, 3.63) is 64.2 Å². The summed E-state index contributed by atoms with van der Waals surface area (Å²) in [5, 5.41) is 12.8. The minimum Gasteiger partial charge on any atom is -0.366 e. The van der Waals surface area contributed by atoms with Crippen molar-refractivity contribution in [3.63, 3.8) is 0 Å². The van der Waals surface area contributed by atoms with E-state index >= 15 is 0 Å². The first kappa shape index (κ1) is 24.1. The van der Waals surface area contributed by atoms with Crippen LogP contribution in [-0.2, 0) is 0 Å². The summed E-state index contributed by atoms with van der Waals surface area (Å²) < 4.78 is 0. The zero-order valence-electron chi connectivity index (χ0n) is 19.6. The van der Waals surface area contributed by atoms with Crippen molar-refractivity contribution < 1.29 is 4.79 Å². The lowest BCUT2D eigenvalue weighted by atomic mass is 9.84. The first-order chi connectivity index (χ1) is 15.3. The van der Waals surface area contributed by atoms with Gasteiger partial charge in [-0.2, -0.15) is 5.26 Å². The zero-order chi connectivity index (χ0) is 23.3. The summed E-state index contributed by atoms with van der Waals surface area (Å²) in [6.07, 6.45) is 4.34. The standard InChI is InChI=1S/C27H34ClN3O/c1-18(2)21-7-9-22(10-8-21)27(32)30-17-20-5-12-24(13-6-20)31(19(3)4)25-14-11-23(16-29)26(28)15-25/h7-11,14-15,18-20,24H,5-6,12-13,17H2,1-4H3,(H,30,32). The maximum absolute atomic E-state index is 12.5. The molecule has 1 aliphatic carbocycles. The Morgan fingerprint density at radius 2 is 1.75 bits per heavy atom. The molecule has 0 saturated heterocycles. The van der Waals surface area contributed by atoms with Crippen molar-refractivity contribution in [2.75, 3.05) is 11.4 Å². The zero-order valence-corrected chi connectivity index (χ0v) is 20.3. The highest BCUT2D eigenvalue weighted by Crippen LogP contribution is 2.33. The quantitative estimate of drug-likeness (QED) is 0.520. The van der Waals surface area contributed by atoms with Crippen molar-refractivity contribution in [2.24, 2.45) is 5.92 Å². The molecule has 2 aromatic carbocycles. The highest BCUT2D eigenvalue weighted by molar-refractivity contribution is 6.32. The number of anilines is 1. The van der Waals surface area contributed by atoms with Gasteiger partial charge in [0.2, 0.25) is 0 Å². The van der Waals surface area contributed by atoms with E-state index in [1.54, 1.807) is 0 Å². The van der Waals surface area contributed by atoms with E-state index < -0.39 is 0 Å². The predicted molar refractivity (Wildman–Crippen MR) is 132 cm³/mol. The third-order valence-corrected chi connectivity index (χ3v) is 6.84. The average Bonchev–Trinajstić information content (AvgIpc) is 2.78. The molecule has 1 aliphatic rings. The van der Waals surface area contributed by atoms with Crippen LogP contribution in [0.1, 0.15) is 80.8 Å². The molecule has 0 aromatic heterocycles. The highest BCUT2D eigenvalue weighted by atomic mass is 35.5. The summed E-state index contributed by atoms with van der Waals surface area (Å²) in [7, 11) is 0. The van der Waals surface area contributed by atoms with E-state index in [0.29, 0.717) is 34.5 Å². The van der Waals surface area contributed by atoms with Crippen LogP contribution in [0.25, 0.3) is 0 Å². The number of carbonyl (C=O) groups is 1. The number of carbonyl (C=O) groups excluding carboxylic acids is 1. The van der Waals surface area contributed by atoms with Crippen molar-refractivity contribution in [3.8, 4) is 6.07 Å². The number of nitrogens with zero attached hydrogens (tertiary/aromatic N) is 2. The summed E-state index contributed by atoms with van der Waals surface area (Å²) in [6.45, 7) is 9.43. The van der Waals surface area contributed by atoms with Crippen LogP contribution >= 0.6 is 11.6 Å². The summed E-state index contributed by atoms with van der Waals surface area (Å²) in [4.78, 5) is 15.0. The summed E-state index contributed by atoms with van der Waals surface area (Å²) >= 11 is 6.30. The topological polar surface area (TPSA) is 56.1 Å². The van der Waals surface area contributed by atoms with Gasteiger partial charge in [0.05, 0.1) is 10.6 Å². The Balaban J connectivity index is 1.55. The maximum atomic E-state index is 12.5. The van der Waals surface area contributed by atoms with Crippen LogP contribution in [0.2, 0.25) is 5.02 Å². The molecule has 170 valence electrons.